The highest BCUT2D eigenvalue weighted by Gasteiger charge is 2.35. The first-order valence-corrected chi connectivity index (χ1v) is 11.3. The number of carbonyl (C=O) groups is 1. The summed E-state index contributed by atoms with van der Waals surface area (Å²) in [6.07, 6.45) is 5.10. The molecule has 0 radical (unpaired) electrons. The average molecular weight is 514 g/mol. The van der Waals surface area contributed by atoms with Crippen LogP contribution >= 0.6 is 11.6 Å². The van der Waals surface area contributed by atoms with Gasteiger partial charge in [-0.05, 0) is 30.0 Å². The number of primary amides is 1. The van der Waals surface area contributed by atoms with E-state index in [-0.39, 0.29) is 24.1 Å². The Morgan fingerprint density at radius 3 is 2.33 bits per heavy atom. The predicted octanol–water partition coefficient (Wildman–Crippen LogP) is 5.24. The number of carbonyl (C=O) groups excluding carboxylic acids is 1. The Labute approximate surface area is 208 Å². The largest absolute Gasteiger partial charge is 0.419 e. The number of nitrogens with two attached hydrogens (primary N) is 1. The van der Waals surface area contributed by atoms with E-state index in [1.54, 1.807) is 41.6 Å². The van der Waals surface area contributed by atoms with Gasteiger partial charge in [-0.1, -0.05) is 35.9 Å². The van der Waals surface area contributed by atoms with E-state index in [1.165, 1.54) is 11.1 Å². The molecule has 12 heteroatoms. The van der Waals surface area contributed by atoms with E-state index >= 15 is 0 Å². The molecule has 0 bridgehead atoms. The van der Waals surface area contributed by atoms with Crippen LogP contribution in [0.3, 0.4) is 0 Å². The first kappa shape index (κ1) is 23.7. The van der Waals surface area contributed by atoms with Gasteiger partial charge in [0.05, 0.1) is 41.8 Å². The maximum atomic E-state index is 13.5. The van der Waals surface area contributed by atoms with E-state index in [9.17, 15) is 18.0 Å². The van der Waals surface area contributed by atoms with Crippen molar-refractivity contribution in [3.05, 3.63) is 77.6 Å². The van der Waals surface area contributed by atoms with Crippen molar-refractivity contribution in [2.75, 3.05) is 4.90 Å². The van der Waals surface area contributed by atoms with Crippen LogP contribution in [0.15, 0.2) is 61.3 Å². The SMILES string of the molecule is NC(=O)Cc1ccc(-c2cnc(N(c3cnc(Cl)c(C(F)(F)F)c3)c3cnn(C4CC4)c3)nc2)cc1. The molecule has 2 N–H and O–H groups in total. The third-order valence-corrected chi connectivity index (χ3v) is 5.96. The van der Waals surface area contributed by atoms with Crippen LogP contribution in [0.25, 0.3) is 11.1 Å². The molecule has 1 aliphatic carbocycles. The Balaban J connectivity index is 1.52. The molecule has 1 aliphatic rings. The topological polar surface area (TPSA) is 103 Å². The van der Waals surface area contributed by atoms with Gasteiger partial charge in [-0.3, -0.25) is 14.4 Å². The van der Waals surface area contributed by atoms with Gasteiger partial charge in [0, 0.05) is 24.2 Å². The molecule has 5 rings (SSSR count). The van der Waals surface area contributed by atoms with E-state index in [0.717, 1.165) is 30.0 Å². The fraction of sp³-hybridized carbons (Fsp3) is 0.208. The number of rotatable bonds is 7. The van der Waals surface area contributed by atoms with Crippen LogP contribution in [0.4, 0.5) is 30.5 Å². The Kier molecular flexibility index (Phi) is 6.09. The summed E-state index contributed by atoms with van der Waals surface area (Å²) in [6.45, 7) is 0. The van der Waals surface area contributed by atoms with Gasteiger partial charge in [0.25, 0.3) is 0 Å². The number of anilines is 3. The molecular formula is C24H19ClF3N7O. The molecule has 0 aliphatic heterocycles. The van der Waals surface area contributed by atoms with Crippen molar-refractivity contribution in [3.8, 4) is 11.1 Å². The minimum absolute atomic E-state index is 0.0885. The molecule has 8 nitrogen and oxygen atoms in total. The lowest BCUT2D eigenvalue weighted by molar-refractivity contribution is -0.137. The van der Waals surface area contributed by atoms with E-state index in [0.29, 0.717) is 11.3 Å². The molecule has 0 spiro atoms. The van der Waals surface area contributed by atoms with Crippen molar-refractivity contribution < 1.29 is 18.0 Å². The molecule has 1 amide bonds. The van der Waals surface area contributed by atoms with Crippen LogP contribution in [0.2, 0.25) is 5.15 Å². The van der Waals surface area contributed by atoms with Crippen molar-refractivity contribution in [3.63, 3.8) is 0 Å². The number of amides is 1. The quantitative estimate of drug-likeness (QED) is 0.339. The number of pyridine rings is 1. The second-order valence-electron chi connectivity index (χ2n) is 8.39. The average Bonchev–Trinajstić information content (AvgIpc) is 3.58. The Morgan fingerprint density at radius 2 is 1.72 bits per heavy atom. The minimum atomic E-state index is -4.69. The number of hydrogen-bond donors (Lipinski definition) is 1. The highest BCUT2D eigenvalue weighted by Crippen LogP contribution is 2.40. The summed E-state index contributed by atoms with van der Waals surface area (Å²) in [5.74, 6) is -0.289. The Hall–Kier alpha value is -3.99. The third-order valence-electron chi connectivity index (χ3n) is 5.66. The molecule has 36 heavy (non-hydrogen) atoms. The fourth-order valence-electron chi connectivity index (χ4n) is 3.72. The van der Waals surface area contributed by atoms with E-state index < -0.39 is 22.8 Å². The lowest BCUT2D eigenvalue weighted by Crippen LogP contribution is -2.15. The highest BCUT2D eigenvalue weighted by molar-refractivity contribution is 6.30. The van der Waals surface area contributed by atoms with E-state index in [4.69, 9.17) is 17.3 Å². The minimum Gasteiger partial charge on any atom is -0.369 e. The molecule has 3 aromatic heterocycles. The molecule has 184 valence electrons. The number of hydrogen-bond acceptors (Lipinski definition) is 6. The van der Waals surface area contributed by atoms with Gasteiger partial charge >= 0.3 is 6.18 Å². The molecule has 1 aromatic carbocycles. The van der Waals surface area contributed by atoms with Gasteiger partial charge in [0.1, 0.15) is 5.15 Å². The molecule has 1 saturated carbocycles. The smallest absolute Gasteiger partial charge is 0.369 e. The summed E-state index contributed by atoms with van der Waals surface area (Å²) >= 11 is 5.74. The summed E-state index contributed by atoms with van der Waals surface area (Å²) in [6, 6.07) is 8.38. The first-order valence-electron chi connectivity index (χ1n) is 11.0. The molecule has 3 heterocycles. The van der Waals surface area contributed by atoms with Gasteiger partial charge in [0.2, 0.25) is 11.9 Å². The zero-order valence-corrected chi connectivity index (χ0v) is 19.4. The normalized spacial score (nSPS) is 13.6. The summed E-state index contributed by atoms with van der Waals surface area (Å²) < 4.78 is 42.4. The van der Waals surface area contributed by atoms with Crippen molar-refractivity contribution in [1.29, 1.82) is 0 Å². The van der Waals surface area contributed by atoms with Crippen LogP contribution < -0.4 is 10.6 Å². The van der Waals surface area contributed by atoms with Crippen molar-refractivity contribution in [2.24, 2.45) is 5.73 Å². The zero-order chi connectivity index (χ0) is 25.4. The maximum Gasteiger partial charge on any atom is 0.419 e. The van der Waals surface area contributed by atoms with Gasteiger partial charge in [-0.25, -0.2) is 15.0 Å². The number of benzene rings is 1. The lowest BCUT2D eigenvalue weighted by atomic mass is 10.1. The summed E-state index contributed by atoms with van der Waals surface area (Å²) in [5, 5.41) is 3.71. The van der Waals surface area contributed by atoms with Crippen molar-refractivity contribution in [2.45, 2.75) is 31.5 Å². The monoisotopic (exact) mass is 513 g/mol. The van der Waals surface area contributed by atoms with Crippen LogP contribution in [-0.4, -0.2) is 30.6 Å². The summed E-state index contributed by atoms with van der Waals surface area (Å²) in [7, 11) is 0. The second kappa shape index (κ2) is 9.23. The third kappa shape index (κ3) is 5.01. The number of alkyl halides is 3. The molecule has 0 saturated heterocycles. The Morgan fingerprint density at radius 1 is 1.03 bits per heavy atom. The van der Waals surface area contributed by atoms with Gasteiger partial charge in [0.15, 0.2) is 0 Å². The summed E-state index contributed by atoms with van der Waals surface area (Å²) in [5.41, 5.74) is 7.01. The van der Waals surface area contributed by atoms with Crippen molar-refractivity contribution >= 4 is 34.8 Å². The molecule has 0 atom stereocenters. The zero-order valence-electron chi connectivity index (χ0n) is 18.7. The molecule has 1 fully saturated rings. The Bertz CT molecular complexity index is 1400. The second-order valence-corrected chi connectivity index (χ2v) is 8.74. The maximum absolute atomic E-state index is 13.5. The van der Waals surface area contributed by atoms with Crippen LogP contribution in [0, 0.1) is 0 Å². The first-order chi connectivity index (χ1) is 17.2. The molecule has 0 unspecified atom stereocenters. The van der Waals surface area contributed by atoms with Gasteiger partial charge in [-0.15, -0.1) is 0 Å². The van der Waals surface area contributed by atoms with Crippen LogP contribution in [-0.2, 0) is 17.4 Å². The predicted molar refractivity (Wildman–Crippen MR) is 127 cm³/mol. The van der Waals surface area contributed by atoms with Crippen LogP contribution in [0.1, 0.15) is 30.0 Å². The molecule has 4 aromatic rings. The van der Waals surface area contributed by atoms with Crippen molar-refractivity contribution in [1.82, 2.24) is 24.7 Å². The van der Waals surface area contributed by atoms with Gasteiger partial charge in [-0.2, -0.15) is 18.3 Å². The highest BCUT2D eigenvalue weighted by atomic mass is 35.5. The van der Waals surface area contributed by atoms with Crippen LogP contribution in [0.5, 0.6) is 0 Å². The molecular weight excluding hydrogens is 495 g/mol. The number of aromatic nitrogens is 5. The van der Waals surface area contributed by atoms with Gasteiger partial charge < -0.3 is 5.73 Å². The number of nitrogens with zero attached hydrogens (tertiary/aromatic N) is 6. The lowest BCUT2D eigenvalue weighted by Gasteiger charge is -2.22. The standard InChI is InChI=1S/C24H19ClF3N7O/c25-22-20(24(26,27)28)8-18(11-30-22)35(19-12-33-34(13-19)17-5-6-17)23-31-9-16(10-32-23)15-3-1-14(2-4-15)7-21(29)36/h1-4,8-13,17H,5-7H2,(H2,29,36). The fourth-order valence-corrected chi connectivity index (χ4v) is 3.93. The van der Waals surface area contributed by atoms with E-state index in [2.05, 4.69) is 20.1 Å². The number of halogens is 4. The van der Waals surface area contributed by atoms with E-state index in [1.807, 2.05) is 12.1 Å². The summed E-state index contributed by atoms with van der Waals surface area (Å²) in [4.78, 5) is 25.2.